The lowest BCUT2D eigenvalue weighted by Gasteiger charge is -2.06. The summed E-state index contributed by atoms with van der Waals surface area (Å²) in [6.07, 6.45) is 1.21. The highest BCUT2D eigenvalue weighted by Crippen LogP contribution is 2.28. The van der Waals surface area contributed by atoms with Gasteiger partial charge in [-0.25, -0.2) is 4.98 Å². The largest absolute Gasteiger partial charge is 0.380 e. The molecule has 0 spiro atoms. The van der Waals surface area contributed by atoms with Gasteiger partial charge in [-0.15, -0.1) is 0 Å². The van der Waals surface area contributed by atoms with E-state index in [0.29, 0.717) is 0 Å². The molecule has 2 heterocycles. The zero-order valence-electron chi connectivity index (χ0n) is 11.6. The van der Waals surface area contributed by atoms with Gasteiger partial charge in [0.25, 0.3) is 0 Å². The molecule has 1 aromatic carbocycles. The van der Waals surface area contributed by atoms with Crippen LogP contribution in [0.25, 0.3) is 11.3 Å². The van der Waals surface area contributed by atoms with Crippen molar-refractivity contribution in [2.24, 2.45) is 0 Å². The summed E-state index contributed by atoms with van der Waals surface area (Å²) in [7, 11) is 1.75. The molecular weight excluding hydrogens is 274 g/mol. The molecule has 2 N–H and O–H groups in total. The Morgan fingerprint density at radius 1 is 1.40 bits per heavy atom. The van der Waals surface area contributed by atoms with Crippen LogP contribution in [-0.4, -0.2) is 29.7 Å². The van der Waals surface area contributed by atoms with Crippen LogP contribution in [0.3, 0.4) is 0 Å². The van der Waals surface area contributed by atoms with E-state index in [-0.39, 0.29) is 12.1 Å². The molecule has 0 radical (unpaired) electrons. The number of rotatable bonds is 3. The van der Waals surface area contributed by atoms with Gasteiger partial charge in [-0.05, 0) is 25.5 Å². The summed E-state index contributed by atoms with van der Waals surface area (Å²) in [6, 6.07) is 8.01. The molecule has 1 fully saturated rings. The smallest absolute Gasteiger partial charge is 0.124 e. The number of aromatic nitrogens is 2. The Balaban J connectivity index is 1.88. The molecule has 1 saturated heterocycles. The lowest BCUT2D eigenvalue weighted by atomic mass is 10.1. The Bertz CT molecular complexity index is 611. The molecule has 1 aliphatic heterocycles. The van der Waals surface area contributed by atoms with Gasteiger partial charge < -0.3 is 15.0 Å². The third kappa shape index (κ3) is 2.59. The Kier molecular flexibility index (Phi) is 3.78. The highest BCUT2D eigenvalue weighted by molar-refractivity contribution is 6.30. The van der Waals surface area contributed by atoms with E-state index in [1.807, 2.05) is 31.2 Å². The minimum Gasteiger partial charge on any atom is -0.380 e. The third-order valence-corrected chi connectivity index (χ3v) is 3.99. The number of hydrogen-bond acceptors (Lipinski definition) is 3. The molecule has 0 bridgehead atoms. The SMILES string of the molecule is COC1CNC(c2nc(-c3cccc(Cl)c3)c(C)[nH]2)C1. The molecular formula is C15H18ClN3O. The lowest BCUT2D eigenvalue weighted by Crippen LogP contribution is -2.16. The zero-order chi connectivity index (χ0) is 14.1. The molecule has 0 saturated carbocycles. The fourth-order valence-electron chi connectivity index (χ4n) is 2.66. The van der Waals surface area contributed by atoms with Crippen LogP contribution in [0, 0.1) is 6.92 Å². The second-order valence-corrected chi connectivity index (χ2v) is 5.60. The Morgan fingerprint density at radius 3 is 2.95 bits per heavy atom. The Morgan fingerprint density at radius 2 is 2.25 bits per heavy atom. The average molecular weight is 292 g/mol. The van der Waals surface area contributed by atoms with Crippen molar-refractivity contribution in [3.63, 3.8) is 0 Å². The van der Waals surface area contributed by atoms with Gasteiger partial charge in [0.15, 0.2) is 0 Å². The Hall–Kier alpha value is -1.36. The summed E-state index contributed by atoms with van der Waals surface area (Å²) in [6.45, 7) is 2.91. The number of hydrogen-bond donors (Lipinski definition) is 2. The minimum atomic E-state index is 0.228. The summed E-state index contributed by atoms with van der Waals surface area (Å²) in [4.78, 5) is 8.12. The first-order valence-electron chi connectivity index (χ1n) is 6.76. The maximum Gasteiger partial charge on any atom is 0.124 e. The number of nitrogens with zero attached hydrogens (tertiary/aromatic N) is 1. The summed E-state index contributed by atoms with van der Waals surface area (Å²) in [5.74, 6) is 0.969. The van der Waals surface area contributed by atoms with Crippen molar-refractivity contribution in [1.29, 1.82) is 0 Å². The van der Waals surface area contributed by atoms with Gasteiger partial charge in [-0.3, -0.25) is 0 Å². The number of aryl methyl sites for hydroxylation is 1. The van der Waals surface area contributed by atoms with Crippen molar-refractivity contribution in [1.82, 2.24) is 15.3 Å². The molecule has 0 aliphatic carbocycles. The molecule has 0 amide bonds. The van der Waals surface area contributed by atoms with Crippen molar-refractivity contribution in [3.05, 3.63) is 40.8 Å². The van der Waals surface area contributed by atoms with Crippen LogP contribution in [0.2, 0.25) is 5.02 Å². The fourth-order valence-corrected chi connectivity index (χ4v) is 2.85. The van der Waals surface area contributed by atoms with E-state index < -0.39 is 0 Å². The highest BCUT2D eigenvalue weighted by atomic mass is 35.5. The number of nitrogens with one attached hydrogen (secondary N) is 2. The van der Waals surface area contributed by atoms with Gasteiger partial charge in [-0.2, -0.15) is 0 Å². The normalized spacial score (nSPS) is 22.4. The van der Waals surface area contributed by atoms with Crippen LogP contribution in [0.1, 0.15) is 24.0 Å². The first kappa shape index (κ1) is 13.6. The van der Waals surface area contributed by atoms with Gasteiger partial charge in [0, 0.05) is 29.9 Å². The van der Waals surface area contributed by atoms with Gasteiger partial charge in [0.2, 0.25) is 0 Å². The molecule has 4 nitrogen and oxygen atoms in total. The number of H-pyrrole nitrogens is 1. The highest BCUT2D eigenvalue weighted by Gasteiger charge is 2.27. The van der Waals surface area contributed by atoms with Crippen LogP contribution >= 0.6 is 11.6 Å². The number of benzene rings is 1. The second kappa shape index (κ2) is 5.56. The summed E-state index contributed by atoms with van der Waals surface area (Å²) >= 11 is 6.05. The van der Waals surface area contributed by atoms with E-state index >= 15 is 0 Å². The van der Waals surface area contributed by atoms with Crippen molar-refractivity contribution < 1.29 is 4.74 Å². The molecule has 20 heavy (non-hydrogen) atoms. The number of aromatic amines is 1. The second-order valence-electron chi connectivity index (χ2n) is 5.16. The maximum absolute atomic E-state index is 6.05. The topological polar surface area (TPSA) is 49.9 Å². The fraction of sp³-hybridized carbons (Fsp3) is 0.400. The van der Waals surface area contributed by atoms with Crippen molar-refractivity contribution in [2.45, 2.75) is 25.5 Å². The predicted octanol–water partition coefficient (Wildman–Crippen LogP) is 3.09. The number of halogens is 1. The van der Waals surface area contributed by atoms with Crippen LogP contribution in [0.15, 0.2) is 24.3 Å². The predicted molar refractivity (Wildman–Crippen MR) is 79.9 cm³/mol. The molecule has 1 aliphatic rings. The molecule has 2 aromatic rings. The number of ether oxygens (including phenoxy) is 1. The standard InChI is InChI=1S/C15H18ClN3O/c1-9-14(10-4-3-5-11(16)6-10)19-15(18-9)13-7-12(20-2)8-17-13/h3-6,12-13,17H,7-8H2,1-2H3,(H,18,19). The number of imidazole rings is 1. The maximum atomic E-state index is 6.05. The summed E-state index contributed by atoms with van der Waals surface area (Å²) in [5, 5.41) is 4.16. The zero-order valence-corrected chi connectivity index (χ0v) is 12.4. The molecule has 2 atom stereocenters. The van der Waals surface area contributed by atoms with E-state index in [1.165, 1.54) is 0 Å². The van der Waals surface area contributed by atoms with Crippen molar-refractivity contribution >= 4 is 11.6 Å². The van der Waals surface area contributed by atoms with E-state index in [1.54, 1.807) is 7.11 Å². The summed E-state index contributed by atoms with van der Waals surface area (Å²) < 4.78 is 5.38. The molecule has 2 unspecified atom stereocenters. The quantitative estimate of drug-likeness (QED) is 0.914. The van der Waals surface area contributed by atoms with Crippen LogP contribution in [0.4, 0.5) is 0 Å². The van der Waals surface area contributed by atoms with Crippen molar-refractivity contribution in [2.75, 3.05) is 13.7 Å². The first-order chi connectivity index (χ1) is 9.67. The van der Waals surface area contributed by atoms with E-state index in [9.17, 15) is 0 Å². The van der Waals surface area contributed by atoms with Crippen LogP contribution < -0.4 is 5.32 Å². The minimum absolute atomic E-state index is 0.228. The summed E-state index contributed by atoms with van der Waals surface area (Å²) in [5.41, 5.74) is 3.06. The Labute approximate surface area is 123 Å². The molecule has 106 valence electrons. The van der Waals surface area contributed by atoms with Crippen molar-refractivity contribution in [3.8, 4) is 11.3 Å². The van der Waals surface area contributed by atoms with Gasteiger partial charge >= 0.3 is 0 Å². The van der Waals surface area contributed by atoms with Crippen LogP contribution in [-0.2, 0) is 4.74 Å². The van der Waals surface area contributed by atoms with Gasteiger partial charge in [0.05, 0.1) is 17.8 Å². The monoisotopic (exact) mass is 291 g/mol. The van der Waals surface area contributed by atoms with Gasteiger partial charge in [-0.1, -0.05) is 23.7 Å². The van der Waals surface area contributed by atoms with E-state index in [4.69, 9.17) is 21.3 Å². The van der Waals surface area contributed by atoms with Gasteiger partial charge in [0.1, 0.15) is 5.82 Å². The number of methoxy groups -OCH3 is 1. The molecule has 5 heteroatoms. The molecule has 1 aromatic heterocycles. The van der Waals surface area contributed by atoms with E-state index in [0.717, 1.165) is 40.8 Å². The third-order valence-electron chi connectivity index (χ3n) is 3.76. The van der Waals surface area contributed by atoms with Crippen LogP contribution in [0.5, 0.6) is 0 Å². The molecule has 3 rings (SSSR count). The average Bonchev–Trinajstić information content (AvgIpc) is 3.04. The van der Waals surface area contributed by atoms with E-state index in [2.05, 4.69) is 10.3 Å². The lowest BCUT2D eigenvalue weighted by molar-refractivity contribution is 0.117. The first-order valence-corrected chi connectivity index (χ1v) is 7.14.